The average molecular weight is 290 g/mol. The molecule has 0 unspecified atom stereocenters. The van der Waals surface area contributed by atoms with Crippen LogP contribution in [0, 0.1) is 6.92 Å². The molecule has 21 heavy (non-hydrogen) atoms. The van der Waals surface area contributed by atoms with Crippen molar-refractivity contribution in [3.63, 3.8) is 0 Å². The predicted octanol–water partition coefficient (Wildman–Crippen LogP) is 1.73. The number of rotatable bonds is 4. The highest BCUT2D eigenvalue weighted by molar-refractivity contribution is 5.90. The maximum absolute atomic E-state index is 12.7. The summed E-state index contributed by atoms with van der Waals surface area (Å²) in [6.45, 7) is 10.4. The zero-order valence-electron chi connectivity index (χ0n) is 13.2. The monoisotopic (exact) mass is 290 g/mol. The first-order chi connectivity index (χ1) is 9.92. The van der Waals surface area contributed by atoms with E-state index in [1.807, 2.05) is 27.7 Å². The smallest absolute Gasteiger partial charge is 0.332 e. The summed E-state index contributed by atoms with van der Waals surface area (Å²) in [7, 11) is 0. The van der Waals surface area contributed by atoms with E-state index in [1.54, 1.807) is 17.7 Å². The van der Waals surface area contributed by atoms with Crippen molar-refractivity contribution in [2.24, 2.45) is 0 Å². The van der Waals surface area contributed by atoms with Gasteiger partial charge in [-0.2, -0.15) is 0 Å². The summed E-state index contributed by atoms with van der Waals surface area (Å²) in [6, 6.07) is 0.186. The maximum Gasteiger partial charge on any atom is 0.332 e. The second-order valence-electron chi connectivity index (χ2n) is 5.39. The molecule has 0 atom stereocenters. The summed E-state index contributed by atoms with van der Waals surface area (Å²) in [5, 5.41) is 3.80. The minimum absolute atomic E-state index is 0.186. The van der Waals surface area contributed by atoms with Gasteiger partial charge in [0.05, 0.1) is 5.69 Å². The molecular formula is C15H22N4O2. The van der Waals surface area contributed by atoms with Gasteiger partial charge >= 0.3 is 5.69 Å². The second-order valence-corrected chi connectivity index (χ2v) is 5.39. The van der Waals surface area contributed by atoms with Gasteiger partial charge < -0.3 is 5.32 Å². The lowest BCUT2D eigenvalue weighted by molar-refractivity contribution is 0.605. The molecule has 0 aliphatic rings. The molecular weight excluding hydrogens is 268 g/mol. The molecule has 0 radical (unpaired) electrons. The van der Waals surface area contributed by atoms with Gasteiger partial charge in [-0.05, 0) is 40.2 Å². The Balaban J connectivity index is 3.02. The average Bonchev–Trinajstić information content (AvgIpc) is 2.42. The van der Waals surface area contributed by atoms with Gasteiger partial charge in [-0.3, -0.25) is 13.9 Å². The molecule has 1 N–H and O–H groups in total. The highest BCUT2D eigenvalue weighted by Crippen LogP contribution is 2.22. The molecule has 0 amide bonds. The van der Waals surface area contributed by atoms with Crippen molar-refractivity contribution >= 4 is 16.7 Å². The van der Waals surface area contributed by atoms with Gasteiger partial charge in [0.2, 0.25) is 0 Å². The van der Waals surface area contributed by atoms with Crippen LogP contribution in [0.2, 0.25) is 0 Å². The molecule has 0 saturated carbocycles. The normalized spacial score (nSPS) is 11.3. The molecule has 2 heterocycles. The summed E-state index contributed by atoms with van der Waals surface area (Å²) in [6.07, 6.45) is 1.70. The first-order valence-electron chi connectivity index (χ1n) is 7.31. The van der Waals surface area contributed by atoms with Crippen molar-refractivity contribution in [2.75, 3.05) is 5.32 Å². The van der Waals surface area contributed by atoms with Crippen molar-refractivity contribution in [1.82, 2.24) is 14.1 Å². The van der Waals surface area contributed by atoms with Crippen molar-refractivity contribution in [3.05, 3.63) is 32.6 Å². The van der Waals surface area contributed by atoms with Gasteiger partial charge in [0.15, 0.2) is 5.65 Å². The molecule has 0 fully saturated rings. The number of pyridine rings is 1. The van der Waals surface area contributed by atoms with Gasteiger partial charge in [0.25, 0.3) is 5.56 Å². The summed E-state index contributed by atoms with van der Waals surface area (Å²) in [5.74, 6) is 0. The van der Waals surface area contributed by atoms with Crippen LogP contribution in [0.5, 0.6) is 0 Å². The quantitative estimate of drug-likeness (QED) is 0.931. The van der Waals surface area contributed by atoms with Crippen molar-refractivity contribution in [3.8, 4) is 0 Å². The van der Waals surface area contributed by atoms with Gasteiger partial charge in [0.1, 0.15) is 5.39 Å². The van der Waals surface area contributed by atoms with Crippen molar-refractivity contribution < 1.29 is 0 Å². The van der Waals surface area contributed by atoms with E-state index < -0.39 is 0 Å². The fraction of sp³-hybridized carbons (Fsp3) is 0.533. The molecule has 2 rings (SSSR count). The first kappa shape index (κ1) is 15.3. The molecule has 0 bridgehead atoms. The summed E-state index contributed by atoms with van der Waals surface area (Å²) >= 11 is 0. The molecule has 0 aliphatic heterocycles. The lowest BCUT2D eigenvalue weighted by Gasteiger charge is -2.17. The van der Waals surface area contributed by atoms with E-state index in [-0.39, 0.29) is 17.3 Å². The molecule has 0 aromatic carbocycles. The molecule has 0 spiro atoms. The Hall–Kier alpha value is -2.11. The Morgan fingerprint density at radius 1 is 1.19 bits per heavy atom. The van der Waals surface area contributed by atoms with Crippen LogP contribution in [-0.4, -0.2) is 20.2 Å². The Morgan fingerprint density at radius 2 is 1.81 bits per heavy atom. The lowest BCUT2D eigenvalue weighted by atomic mass is 10.1. The molecule has 6 heteroatoms. The first-order valence-corrected chi connectivity index (χ1v) is 7.31. The van der Waals surface area contributed by atoms with Crippen LogP contribution in [0.3, 0.4) is 0 Å². The number of anilines is 1. The van der Waals surface area contributed by atoms with E-state index in [9.17, 15) is 9.59 Å². The summed E-state index contributed by atoms with van der Waals surface area (Å²) in [5.41, 5.74) is 1.54. The molecule has 2 aromatic heterocycles. The van der Waals surface area contributed by atoms with Crippen LogP contribution in [0.1, 0.15) is 33.3 Å². The summed E-state index contributed by atoms with van der Waals surface area (Å²) < 4.78 is 2.81. The summed E-state index contributed by atoms with van der Waals surface area (Å²) in [4.78, 5) is 29.3. The van der Waals surface area contributed by atoms with Crippen LogP contribution in [0.4, 0.5) is 5.69 Å². The van der Waals surface area contributed by atoms with Crippen LogP contribution in [-0.2, 0) is 13.1 Å². The molecule has 0 aliphatic carbocycles. The fourth-order valence-electron chi connectivity index (χ4n) is 2.50. The standard InChI is InChI=1S/C15H22N4O2/c1-6-18-13-11(14(20)19(7-2)15(18)21)12(17-9(3)4)10(5)8-16-13/h8-9H,6-7H2,1-5H3,(H,16,17). The Morgan fingerprint density at radius 3 is 2.33 bits per heavy atom. The van der Waals surface area contributed by atoms with Crippen LogP contribution in [0.25, 0.3) is 11.0 Å². The number of fused-ring (bicyclic) bond motifs is 1. The fourth-order valence-corrected chi connectivity index (χ4v) is 2.50. The third kappa shape index (κ3) is 2.46. The Bertz CT molecular complexity index is 787. The number of aryl methyl sites for hydroxylation is 2. The van der Waals surface area contributed by atoms with Crippen molar-refractivity contribution in [1.29, 1.82) is 0 Å². The third-order valence-electron chi connectivity index (χ3n) is 3.49. The van der Waals surface area contributed by atoms with E-state index >= 15 is 0 Å². The van der Waals surface area contributed by atoms with Crippen LogP contribution in [0.15, 0.2) is 15.8 Å². The number of hydrogen-bond acceptors (Lipinski definition) is 4. The SMILES string of the molecule is CCn1c(=O)c2c(NC(C)C)c(C)cnc2n(CC)c1=O. The van der Waals surface area contributed by atoms with Crippen molar-refractivity contribution in [2.45, 2.75) is 53.8 Å². The number of nitrogens with zero attached hydrogens (tertiary/aromatic N) is 3. The zero-order valence-corrected chi connectivity index (χ0v) is 13.2. The maximum atomic E-state index is 12.7. The van der Waals surface area contributed by atoms with Crippen LogP contribution < -0.4 is 16.6 Å². The number of hydrogen-bond donors (Lipinski definition) is 1. The lowest BCUT2D eigenvalue weighted by Crippen LogP contribution is -2.40. The highest BCUT2D eigenvalue weighted by Gasteiger charge is 2.17. The predicted molar refractivity (Wildman–Crippen MR) is 85.1 cm³/mol. The number of nitrogens with one attached hydrogen (secondary N) is 1. The van der Waals surface area contributed by atoms with E-state index in [4.69, 9.17) is 0 Å². The largest absolute Gasteiger partial charge is 0.382 e. The topological polar surface area (TPSA) is 68.9 Å². The Labute approximate surface area is 123 Å². The van der Waals surface area contributed by atoms with Gasteiger partial charge in [-0.1, -0.05) is 0 Å². The van der Waals surface area contributed by atoms with E-state index in [0.29, 0.717) is 24.1 Å². The zero-order chi connectivity index (χ0) is 15.7. The minimum Gasteiger partial charge on any atom is -0.382 e. The van der Waals surface area contributed by atoms with E-state index in [0.717, 1.165) is 11.3 Å². The second kappa shape index (κ2) is 5.71. The van der Waals surface area contributed by atoms with Gasteiger partial charge in [-0.25, -0.2) is 9.78 Å². The van der Waals surface area contributed by atoms with Gasteiger partial charge in [-0.15, -0.1) is 0 Å². The Kier molecular flexibility index (Phi) is 4.16. The molecule has 114 valence electrons. The third-order valence-corrected chi connectivity index (χ3v) is 3.49. The number of aromatic nitrogens is 3. The molecule has 6 nitrogen and oxygen atoms in total. The van der Waals surface area contributed by atoms with E-state index in [1.165, 1.54) is 4.57 Å². The highest BCUT2D eigenvalue weighted by atomic mass is 16.2. The van der Waals surface area contributed by atoms with Crippen LogP contribution >= 0.6 is 0 Å². The van der Waals surface area contributed by atoms with Gasteiger partial charge in [0, 0.05) is 25.3 Å². The molecule has 2 aromatic rings. The molecule has 0 saturated heterocycles. The van der Waals surface area contributed by atoms with E-state index in [2.05, 4.69) is 10.3 Å². The minimum atomic E-state index is -0.302.